The Kier molecular flexibility index (Phi) is 4.39. The molecule has 0 radical (unpaired) electrons. The Morgan fingerprint density at radius 2 is 1.90 bits per heavy atom. The van der Waals surface area contributed by atoms with Gasteiger partial charge in [-0.3, -0.25) is 0 Å². The van der Waals surface area contributed by atoms with E-state index in [0.29, 0.717) is 24.8 Å². The highest BCUT2D eigenvalue weighted by Crippen LogP contribution is 2.32. The minimum Gasteiger partial charge on any atom is -0.477 e. The van der Waals surface area contributed by atoms with Crippen molar-refractivity contribution >= 4 is 5.97 Å². The number of hydrogen-bond acceptors (Lipinski definition) is 3. The van der Waals surface area contributed by atoms with E-state index in [1.165, 1.54) is 0 Å². The van der Waals surface area contributed by atoms with Crippen LogP contribution < -0.4 is 4.74 Å². The smallest absolute Gasteiger partial charge is 0.433 e. The lowest BCUT2D eigenvalue weighted by Crippen LogP contribution is -2.25. The number of carbonyl (C=O) groups is 1. The molecule has 7 heteroatoms. The number of aromatic nitrogens is 1. The van der Waals surface area contributed by atoms with Crippen molar-refractivity contribution in [2.24, 2.45) is 5.92 Å². The summed E-state index contributed by atoms with van der Waals surface area (Å²) in [6.07, 6.45) is -1.71. The molecule has 1 aromatic rings. The van der Waals surface area contributed by atoms with E-state index in [2.05, 4.69) is 11.9 Å². The van der Waals surface area contributed by atoms with Crippen LogP contribution in [-0.2, 0) is 6.18 Å². The summed E-state index contributed by atoms with van der Waals surface area (Å²) in [5.74, 6) is -1.24. The first-order valence-corrected chi connectivity index (χ1v) is 6.75. The van der Waals surface area contributed by atoms with Gasteiger partial charge in [0.15, 0.2) is 0 Å². The van der Waals surface area contributed by atoms with E-state index in [4.69, 9.17) is 9.84 Å². The van der Waals surface area contributed by atoms with E-state index in [9.17, 15) is 18.0 Å². The summed E-state index contributed by atoms with van der Waals surface area (Å²) in [4.78, 5) is 14.4. The van der Waals surface area contributed by atoms with Crippen LogP contribution in [0.4, 0.5) is 13.2 Å². The number of rotatable bonds is 3. The van der Waals surface area contributed by atoms with Crippen molar-refractivity contribution in [3.8, 4) is 5.88 Å². The van der Waals surface area contributed by atoms with Crippen LogP contribution in [0.1, 0.15) is 48.7 Å². The molecule has 2 rings (SSSR count). The summed E-state index contributed by atoms with van der Waals surface area (Å²) in [6.45, 7) is 2.10. The molecular formula is C14H16F3NO3. The van der Waals surface area contributed by atoms with Gasteiger partial charge in [-0.05, 0) is 43.7 Å². The lowest BCUT2D eigenvalue weighted by molar-refractivity contribution is -0.141. The summed E-state index contributed by atoms with van der Waals surface area (Å²) in [5.41, 5.74) is -1.49. The molecule has 0 bridgehead atoms. The molecule has 1 aliphatic rings. The van der Waals surface area contributed by atoms with Gasteiger partial charge in [0.05, 0.1) is 0 Å². The molecule has 1 aromatic heterocycles. The second-order valence-corrected chi connectivity index (χ2v) is 5.35. The summed E-state index contributed by atoms with van der Waals surface area (Å²) in [6, 6.07) is 1.54. The third-order valence-electron chi connectivity index (χ3n) is 3.62. The number of hydrogen-bond donors (Lipinski definition) is 1. The Morgan fingerprint density at radius 3 is 2.43 bits per heavy atom. The van der Waals surface area contributed by atoms with Crippen LogP contribution in [0, 0.1) is 5.92 Å². The van der Waals surface area contributed by atoms with Crippen LogP contribution >= 0.6 is 0 Å². The van der Waals surface area contributed by atoms with Gasteiger partial charge < -0.3 is 9.84 Å². The summed E-state index contributed by atoms with van der Waals surface area (Å²) in [7, 11) is 0. The largest absolute Gasteiger partial charge is 0.477 e. The Balaban J connectivity index is 2.24. The maximum Gasteiger partial charge on any atom is 0.433 e. The number of aromatic carboxylic acids is 1. The molecule has 0 saturated heterocycles. The SMILES string of the molecule is CC1CCC(Oc2nc(C(F)(F)F)ccc2C(=O)O)CC1. The number of pyridine rings is 1. The zero-order valence-electron chi connectivity index (χ0n) is 11.5. The zero-order chi connectivity index (χ0) is 15.6. The van der Waals surface area contributed by atoms with Crippen molar-refractivity contribution < 1.29 is 27.8 Å². The molecule has 1 heterocycles. The Morgan fingerprint density at radius 1 is 1.29 bits per heavy atom. The van der Waals surface area contributed by atoms with Gasteiger partial charge in [-0.15, -0.1) is 0 Å². The average Bonchev–Trinajstić information content (AvgIpc) is 2.40. The first-order chi connectivity index (χ1) is 9.77. The molecule has 1 aliphatic carbocycles. The number of carboxylic acid groups (broad SMARTS) is 1. The van der Waals surface area contributed by atoms with Crippen molar-refractivity contribution in [3.63, 3.8) is 0 Å². The van der Waals surface area contributed by atoms with E-state index in [1.807, 2.05) is 0 Å². The highest BCUT2D eigenvalue weighted by Gasteiger charge is 2.34. The van der Waals surface area contributed by atoms with E-state index < -0.39 is 23.7 Å². The molecule has 0 aliphatic heterocycles. The van der Waals surface area contributed by atoms with Gasteiger partial charge in [0.1, 0.15) is 17.4 Å². The van der Waals surface area contributed by atoms with Gasteiger partial charge in [0.2, 0.25) is 5.88 Å². The molecule has 21 heavy (non-hydrogen) atoms. The quantitative estimate of drug-likeness (QED) is 0.923. The predicted octanol–water partition coefficient (Wildman–Crippen LogP) is 3.76. The highest BCUT2D eigenvalue weighted by molar-refractivity contribution is 5.90. The van der Waals surface area contributed by atoms with Gasteiger partial charge >= 0.3 is 12.1 Å². The van der Waals surface area contributed by atoms with Crippen LogP contribution in [0.5, 0.6) is 5.88 Å². The highest BCUT2D eigenvalue weighted by atomic mass is 19.4. The normalized spacial score (nSPS) is 22.9. The molecule has 4 nitrogen and oxygen atoms in total. The number of ether oxygens (including phenoxy) is 1. The molecular weight excluding hydrogens is 287 g/mol. The van der Waals surface area contributed by atoms with E-state index in [1.54, 1.807) is 0 Å². The second-order valence-electron chi connectivity index (χ2n) is 5.35. The summed E-state index contributed by atoms with van der Waals surface area (Å²) >= 11 is 0. The fourth-order valence-electron chi connectivity index (χ4n) is 2.36. The van der Waals surface area contributed by atoms with Crippen molar-refractivity contribution in [2.45, 2.75) is 44.9 Å². The molecule has 0 aromatic carbocycles. The van der Waals surface area contributed by atoms with Crippen LogP contribution in [0.25, 0.3) is 0 Å². The molecule has 1 N–H and O–H groups in total. The molecule has 0 spiro atoms. The molecule has 116 valence electrons. The topological polar surface area (TPSA) is 59.4 Å². The number of nitrogens with zero attached hydrogens (tertiary/aromatic N) is 1. The minimum absolute atomic E-state index is 0.282. The second kappa shape index (κ2) is 5.91. The molecule has 1 saturated carbocycles. The van der Waals surface area contributed by atoms with Gasteiger partial charge in [-0.1, -0.05) is 6.92 Å². The van der Waals surface area contributed by atoms with Gasteiger partial charge in [-0.2, -0.15) is 13.2 Å². The fraction of sp³-hybridized carbons (Fsp3) is 0.571. The first-order valence-electron chi connectivity index (χ1n) is 6.75. The summed E-state index contributed by atoms with van der Waals surface area (Å²) in [5, 5.41) is 9.03. The molecule has 0 amide bonds. The summed E-state index contributed by atoms with van der Waals surface area (Å²) < 4.78 is 43.4. The lowest BCUT2D eigenvalue weighted by Gasteiger charge is -2.27. The third kappa shape index (κ3) is 3.86. The number of carboxylic acids is 1. The van der Waals surface area contributed by atoms with Crippen LogP contribution in [0.15, 0.2) is 12.1 Å². The Bertz CT molecular complexity index is 523. The third-order valence-corrected chi connectivity index (χ3v) is 3.62. The number of halogens is 3. The van der Waals surface area contributed by atoms with E-state index in [0.717, 1.165) is 18.9 Å². The minimum atomic E-state index is -4.63. The molecule has 0 unspecified atom stereocenters. The van der Waals surface area contributed by atoms with Crippen molar-refractivity contribution in [1.29, 1.82) is 0 Å². The first kappa shape index (κ1) is 15.6. The Hall–Kier alpha value is -1.79. The van der Waals surface area contributed by atoms with Crippen LogP contribution in [0.3, 0.4) is 0 Å². The van der Waals surface area contributed by atoms with Crippen molar-refractivity contribution in [1.82, 2.24) is 4.98 Å². The average molecular weight is 303 g/mol. The van der Waals surface area contributed by atoms with E-state index >= 15 is 0 Å². The monoisotopic (exact) mass is 303 g/mol. The Labute approximate surface area is 119 Å². The van der Waals surface area contributed by atoms with Crippen LogP contribution in [0.2, 0.25) is 0 Å². The van der Waals surface area contributed by atoms with Gasteiger partial charge in [0.25, 0.3) is 0 Å². The van der Waals surface area contributed by atoms with Crippen molar-refractivity contribution in [2.75, 3.05) is 0 Å². The van der Waals surface area contributed by atoms with E-state index in [-0.39, 0.29) is 11.7 Å². The standard InChI is InChI=1S/C14H16F3NO3/c1-8-2-4-9(5-3-8)21-12-10(13(19)20)6-7-11(18-12)14(15,16)17/h6-9H,2-5H2,1H3,(H,19,20). The lowest BCUT2D eigenvalue weighted by atomic mass is 9.89. The fourth-order valence-corrected chi connectivity index (χ4v) is 2.36. The van der Waals surface area contributed by atoms with Gasteiger partial charge in [0, 0.05) is 0 Å². The maximum absolute atomic E-state index is 12.7. The van der Waals surface area contributed by atoms with Crippen molar-refractivity contribution in [3.05, 3.63) is 23.4 Å². The zero-order valence-corrected chi connectivity index (χ0v) is 11.5. The predicted molar refractivity (Wildman–Crippen MR) is 68.2 cm³/mol. The maximum atomic E-state index is 12.7. The van der Waals surface area contributed by atoms with Crippen LogP contribution in [-0.4, -0.2) is 22.2 Å². The van der Waals surface area contributed by atoms with Gasteiger partial charge in [-0.25, -0.2) is 9.78 Å². The molecule has 0 atom stereocenters. The molecule has 1 fully saturated rings. The number of alkyl halides is 3.